The Bertz CT molecular complexity index is 646. The van der Waals surface area contributed by atoms with Crippen molar-refractivity contribution in [1.82, 2.24) is 4.98 Å². The molecule has 0 bridgehead atoms. The SMILES string of the molecule is CCOc1cc(C(=O)N(C)c2nccs2)cc(OCC)c1OCC. The second-order valence-electron chi connectivity index (χ2n) is 4.78. The molecule has 0 aliphatic carbocycles. The van der Waals surface area contributed by atoms with Gasteiger partial charge in [-0.05, 0) is 32.9 Å². The van der Waals surface area contributed by atoms with Crippen LogP contribution in [0.3, 0.4) is 0 Å². The molecule has 0 fully saturated rings. The third-order valence-electron chi connectivity index (χ3n) is 3.17. The molecule has 0 radical (unpaired) electrons. The molecule has 0 N–H and O–H groups in total. The molecular formula is C17H22N2O4S. The van der Waals surface area contributed by atoms with E-state index in [2.05, 4.69) is 4.98 Å². The Kier molecular flexibility index (Phi) is 6.43. The van der Waals surface area contributed by atoms with Crippen LogP contribution in [-0.2, 0) is 0 Å². The van der Waals surface area contributed by atoms with Gasteiger partial charge in [-0.2, -0.15) is 0 Å². The van der Waals surface area contributed by atoms with Gasteiger partial charge in [-0.15, -0.1) is 11.3 Å². The minimum atomic E-state index is -0.185. The Morgan fingerprint density at radius 3 is 2.12 bits per heavy atom. The molecule has 0 aliphatic rings. The van der Waals surface area contributed by atoms with Crippen molar-refractivity contribution >= 4 is 22.4 Å². The summed E-state index contributed by atoms with van der Waals surface area (Å²) in [5.74, 6) is 1.34. The maximum absolute atomic E-state index is 12.8. The van der Waals surface area contributed by atoms with Gasteiger partial charge in [-0.25, -0.2) is 4.98 Å². The number of ether oxygens (including phenoxy) is 3. The second-order valence-corrected chi connectivity index (χ2v) is 5.65. The third kappa shape index (κ3) is 3.97. The number of benzene rings is 1. The number of hydrogen-bond donors (Lipinski definition) is 0. The van der Waals surface area contributed by atoms with E-state index in [1.165, 1.54) is 16.2 Å². The predicted molar refractivity (Wildman–Crippen MR) is 94.8 cm³/mol. The van der Waals surface area contributed by atoms with Crippen molar-refractivity contribution in [3.05, 3.63) is 29.3 Å². The molecular weight excluding hydrogens is 328 g/mol. The van der Waals surface area contributed by atoms with E-state index in [4.69, 9.17) is 14.2 Å². The average molecular weight is 350 g/mol. The van der Waals surface area contributed by atoms with Gasteiger partial charge in [0.15, 0.2) is 16.6 Å². The predicted octanol–water partition coefficient (Wildman–Crippen LogP) is 3.62. The minimum absolute atomic E-state index is 0.185. The normalized spacial score (nSPS) is 10.3. The maximum Gasteiger partial charge on any atom is 0.260 e. The van der Waals surface area contributed by atoms with Gasteiger partial charge in [0.25, 0.3) is 5.91 Å². The number of aromatic nitrogens is 1. The van der Waals surface area contributed by atoms with Gasteiger partial charge >= 0.3 is 0 Å². The van der Waals surface area contributed by atoms with Gasteiger partial charge in [0, 0.05) is 24.2 Å². The van der Waals surface area contributed by atoms with Crippen LogP contribution in [0.25, 0.3) is 0 Å². The second kappa shape index (κ2) is 8.54. The zero-order valence-corrected chi connectivity index (χ0v) is 15.2. The van der Waals surface area contributed by atoms with Gasteiger partial charge < -0.3 is 14.2 Å². The van der Waals surface area contributed by atoms with Gasteiger partial charge in [-0.1, -0.05) is 0 Å². The van der Waals surface area contributed by atoms with E-state index in [-0.39, 0.29) is 5.91 Å². The van der Waals surface area contributed by atoms with Gasteiger partial charge in [0.1, 0.15) is 0 Å². The lowest BCUT2D eigenvalue weighted by Gasteiger charge is -2.19. The molecule has 1 heterocycles. The smallest absolute Gasteiger partial charge is 0.260 e. The summed E-state index contributed by atoms with van der Waals surface area (Å²) < 4.78 is 17.0. The molecule has 6 nitrogen and oxygen atoms in total. The lowest BCUT2D eigenvalue weighted by molar-refractivity contribution is 0.0992. The maximum atomic E-state index is 12.8. The Hall–Kier alpha value is -2.28. The molecule has 24 heavy (non-hydrogen) atoms. The summed E-state index contributed by atoms with van der Waals surface area (Å²) in [4.78, 5) is 18.4. The average Bonchev–Trinajstić information content (AvgIpc) is 3.11. The monoisotopic (exact) mass is 350 g/mol. The number of hydrogen-bond acceptors (Lipinski definition) is 6. The van der Waals surface area contributed by atoms with Crippen molar-refractivity contribution in [2.24, 2.45) is 0 Å². The summed E-state index contributed by atoms with van der Waals surface area (Å²) in [5.41, 5.74) is 0.461. The first-order valence-corrected chi connectivity index (χ1v) is 8.74. The lowest BCUT2D eigenvalue weighted by atomic mass is 10.1. The fourth-order valence-electron chi connectivity index (χ4n) is 2.17. The Morgan fingerprint density at radius 1 is 1.08 bits per heavy atom. The highest BCUT2D eigenvalue weighted by atomic mass is 32.1. The van der Waals surface area contributed by atoms with Crippen LogP contribution in [0.2, 0.25) is 0 Å². The minimum Gasteiger partial charge on any atom is -0.490 e. The molecule has 7 heteroatoms. The lowest BCUT2D eigenvalue weighted by Crippen LogP contribution is -2.26. The van der Waals surface area contributed by atoms with Crippen molar-refractivity contribution in [1.29, 1.82) is 0 Å². The topological polar surface area (TPSA) is 60.9 Å². The van der Waals surface area contributed by atoms with E-state index in [9.17, 15) is 4.79 Å². The highest BCUT2D eigenvalue weighted by molar-refractivity contribution is 7.13. The summed E-state index contributed by atoms with van der Waals surface area (Å²) in [6.45, 7) is 7.06. The third-order valence-corrected chi connectivity index (χ3v) is 4.01. The molecule has 0 atom stereocenters. The molecule has 0 saturated heterocycles. The summed E-state index contributed by atoms with van der Waals surface area (Å²) in [5, 5.41) is 2.46. The summed E-state index contributed by atoms with van der Waals surface area (Å²) in [7, 11) is 1.69. The molecule has 0 aliphatic heterocycles. The molecule has 0 unspecified atom stereocenters. The van der Waals surface area contributed by atoms with Gasteiger partial charge in [-0.3, -0.25) is 9.69 Å². The van der Waals surface area contributed by atoms with Crippen LogP contribution in [0.4, 0.5) is 5.13 Å². The van der Waals surface area contributed by atoms with Crippen LogP contribution in [0, 0.1) is 0 Å². The number of carbonyl (C=O) groups is 1. The molecule has 1 aromatic heterocycles. The molecule has 0 saturated carbocycles. The van der Waals surface area contributed by atoms with Crippen LogP contribution in [-0.4, -0.2) is 37.8 Å². The number of amides is 1. The Balaban J connectivity index is 2.43. The van der Waals surface area contributed by atoms with Gasteiger partial charge in [0.2, 0.25) is 5.75 Å². The highest BCUT2D eigenvalue weighted by Gasteiger charge is 2.21. The van der Waals surface area contributed by atoms with Crippen molar-refractivity contribution in [2.75, 3.05) is 31.8 Å². The van der Waals surface area contributed by atoms with Crippen molar-refractivity contribution in [3.63, 3.8) is 0 Å². The number of thiazole rings is 1. The van der Waals surface area contributed by atoms with Crippen LogP contribution >= 0.6 is 11.3 Å². The van der Waals surface area contributed by atoms with Crippen molar-refractivity contribution < 1.29 is 19.0 Å². The zero-order chi connectivity index (χ0) is 17.5. The van der Waals surface area contributed by atoms with E-state index in [0.29, 0.717) is 47.8 Å². The Morgan fingerprint density at radius 2 is 1.67 bits per heavy atom. The Labute approximate surface area is 146 Å². The molecule has 130 valence electrons. The van der Waals surface area contributed by atoms with Crippen LogP contribution in [0.5, 0.6) is 17.2 Å². The van der Waals surface area contributed by atoms with E-state index >= 15 is 0 Å². The largest absolute Gasteiger partial charge is 0.490 e. The first-order chi connectivity index (χ1) is 11.6. The van der Waals surface area contributed by atoms with E-state index in [0.717, 1.165) is 0 Å². The molecule has 1 aromatic carbocycles. The van der Waals surface area contributed by atoms with Crippen molar-refractivity contribution in [2.45, 2.75) is 20.8 Å². The summed E-state index contributed by atoms with van der Waals surface area (Å²) in [6, 6.07) is 3.37. The van der Waals surface area contributed by atoms with Crippen LogP contribution < -0.4 is 19.1 Å². The number of nitrogens with zero attached hydrogens (tertiary/aromatic N) is 2. The van der Waals surface area contributed by atoms with E-state index in [1.807, 2.05) is 26.2 Å². The fourth-order valence-corrected chi connectivity index (χ4v) is 2.78. The van der Waals surface area contributed by atoms with Crippen LogP contribution in [0.15, 0.2) is 23.7 Å². The number of anilines is 1. The van der Waals surface area contributed by atoms with E-state index < -0.39 is 0 Å². The zero-order valence-electron chi connectivity index (χ0n) is 14.4. The standard InChI is InChI=1S/C17H22N2O4S/c1-5-21-13-10-12(11-14(22-6-2)15(13)23-7-3)16(20)19(4)17-18-8-9-24-17/h8-11H,5-7H2,1-4H3. The fraction of sp³-hybridized carbons (Fsp3) is 0.412. The van der Waals surface area contributed by atoms with Crippen molar-refractivity contribution in [3.8, 4) is 17.2 Å². The summed E-state index contributed by atoms with van der Waals surface area (Å²) >= 11 is 1.40. The quantitative estimate of drug-likeness (QED) is 0.728. The molecule has 0 spiro atoms. The number of carbonyl (C=O) groups excluding carboxylic acids is 1. The molecule has 2 rings (SSSR count). The molecule has 2 aromatic rings. The highest BCUT2D eigenvalue weighted by Crippen LogP contribution is 2.39. The molecule has 1 amide bonds. The van der Waals surface area contributed by atoms with Gasteiger partial charge in [0.05, 0.1) is 19.8 Å². The summed E-state index contributed by atoms with van der Waals surface area (Å²) in [6.07, 6.45) is 1.67. The first-order valence-electron chi connectivity index (χ1n) is 7.86. The van der Waals surface area contributed by atoms with Crippen LogP contribution in [0.1, 0.15) is 31.1 Å². The number of rotatable bonds is 8. The van der Waals surface area contributed by atoms with E-state index in [1.54, 1.807) is 25.4 Å². The first kappa shape index (κ1) is 18.1.